The Labute approximate surface area is 116 Å². The van der Waals surface area contributed by atoms with Crippen LogP contribution in [0.1, 0.15) is 35.3 Å². The quantitative estimate of drug-likeness (QED) is 0.868. The van der Waals surface area contributed by atoms with Crippen LogP contribution in [0.15, 0.2) is 16.7 Å². The number of hydrogen-bond donors (Lipinski definition) is 2. The highest BCUT2D eigenvalue weighted by molar-refractivity contribution is 6.06. The van der Waals surface area contributed by atoms with E-state index in [4.69, 9.17) is 4.42 Å². The lowest BCUT2D eigenvalue weighted by Gasteiger charge is -2.10. The van der Waals surface area contributed by atoms with E-state index in [9.17, 15) is 4.79 Å². The predicted octanol–water partition coefficient (Wildman–Crippen LogP) is 2.16. The zero-order valence-corrected chi connectivity index (χ0v) is 11.7. The van der Waals surface area contributed by atoms with Crippen LogP contribution in [-0.4, -0.2) is 27.6 Å². The van der Waals surface area contributed by atoms with E-state index >= 15 is 0 Å². The molecule has 0 aliphatic carbocycles. The summed E-state index contributed by atoms with van der Waals surface area (Å²) in [5, 5.41) is 13.2. The summed E-state index contributed by atoms with van der Waals surface area (Å²) in [6.07, 6.45) is 2.50. The van der Waals surface area contributed by atoms with E-state index in [0.29, 0.717) is 11.5 Å². The molecule has 2 aromatic heterocycles. The second-order valence-electron chi connectivity index (χ2n) is 4.38. The number of carbonyl (C=O) groups excluding carboxylic acids is 1. The van der Waals surface area contributed by atoms with Crippen LogP contribution in [0.3, 0.4) is 0 Å². The van der Waals surface area contributed by atoms with E-state index in [0.717, 1.165) is 24.3 Å². The van der Waals surface area contributed by atoms with Gasteiger partial charge < -0.3 is 9.73 Å². The first kappa shape index (κ1) is 14.0. The summed E-state index contributed by atoms with van der Waals surface area (Å²) >= 11 is 0. The van der Waals surface area contributed by atoms with Gasteiger partial charge in [0, 0.05) is 25.4 Å². The third-order valence-corrected chi connectivity index (χ3v) is 2.60. The second-order valence-corrected chi connectivity index (χ2v) is 4.38. The lowest BCUT2D eigenvalue weighted by atomic mass is 10.2. The fourth-order valence-corrected chi connectivity index (χ4v) is 1.66. The Morgan fingerprint density at radius 2 is 2.15 bits per heavy atom. The molecular formula is C13H17N5O2. The highest BCUT2D eigenvalue weighted by atomic mass is 16.4. The summed E-state index contributed by atoms with van der Waals surface area (Å²) in [7, 11) is 0. The third kappa shape index (κ3) is 3.31. The van der Waals surface area contributed by atoms with Gasteiger partial charge in [0.25, 0.3) is 5.91 Å². The van der Waals surface area contributed by atoms with Crippen LogP contribution in [0.25, 0.3) is 0 Å². The molecule has 0 saturated carbocycles. The molecule has 0 spiro atoms. The summed E-state index contributed by atoms with van der Waals surface area (Å²) in [4.78, 5) is 16.3. The van der Waals surface area contributed by atoms with Crippen LogP contribution in [-0.2, 0) is 0 Å². The van der Waals surface area contributed by atoms with Crippen molar-refractivity contribution in [1.82, 2.24) is 15.2 Å². The van der Waals surface area contributed by atoms with Crippen molar-refractivity contribution in [1.29, 1.82) is 0 Å². The smallest absolute Gasteiger partial charge is 0.322 e. The monoisotopic (exact) mass is 275 g/mol. The third-order valence-electron chi connectivity index (χ3n) is 2.60. The molecule has 0 aromatic carbocycles. The average molecular weight is 275 g/mol. The van der Waals surface area contributed by atoms with Crippen LogP contribution in [0.2, 0.25) is 0 Å². The van der Waals surface area contributed by atoms with Crippen molar-refractivity contribution in [2.45, 2.75) is 27.2 Å². The van der Waals surface area contributed by atoms with Crippen molar-refractivity contribution < 1.29 is 9.21 Å². The maximum atomic E-state index is 12.2. The summed E-state index contributed by atoms with van der Waals surface area (Å²) in [6.45, 7) is 6.37. The molecule has 1 amide bonds. The highest BCUT2D eigenvalue weighted by Gasteiger charge is 2.15. The van der Waals surface area contributed by atoms with E-state index in [1.54, 1.807) is 6.92 Å². The molecule has 2 rings (SSSR count). The predicted molar refractivity (Wildman–Crippen MR) is 74.7 cm³/mol. The summed E-state index contributed by atoms with van der Waals surface area (Å²) in [5.74, 6) is 0.0615. The minimum Gasteiger partial charge on any atom is -0.408 e. The van der Waals surface area contributed by atoms with Crippen LogP contribution in [0.4, 0.5) is 11.7 Å². The number of aromatic nitrogens is 3. The Balaban J connectivity index is 2.19. The number of nitrogens with zero attached hydrogens (tertiary/aromatic N) is 3. The molecule has 7 nitrogen and oxygen atoms in total. The molecule has 7 heteroatoms. The topological polar surface area (TPSA) is 92.9 Å². The Kier molecular flexibility index (Phi) is 4.29. The molecular weight excluding hydrogens is 258 g/mol. The van der Waals surface area contributed by atoms with Crippen LogP contribution in [0, 0.1) is 13.8 Å². The number of anilines is 2. The largest absolute Gasteiger partial charge is 0.408 e. The standard InChI is InChI=1S/C13H17N5O2/c1-4-5-14-11-6-8(2)15-7-10(11)12(19)16-13-18-17-9(3)20-13/h6-7H,4-5H2,1-3H3,(H,14,15)(H,16,18,19). The number of aryl methyl sites for hydroxylation is 2. The zero-order valence-electron chi connectivity index (χ0n) is 11.7. The molecule has 106 valence electrons. The molecule has 0 aliphatic heterocycles. The molecule has 0 unspecified atom stereocenters. The van der Waals surface area contributed by atoms with Crippen molar-refractivity contribution in [3.63, 3.8) is 0 Å². The van der Waals surface area contributed by atoms with Gasteiger partial charge in [0.1, 0.15) is 0 Å². The fraction of sp³-hybridized carbons (Fsp3) is 0.385. The molecule has 0 atom stereocenters. The van der Waals surface area contributed by atoms with Crippen molar-refractivity contribution in [3.8, 4) is 0 Å². The average Bonchev–Trinajstić information content (AvgIpc) is 2.81. The van der Waals surface area contributed by atoms with Crippen molar-refractivity contribution in [2.24, 2.45) is 0 Å². The SMILES string of the molecule is CCCNc1cc(C)ncc1C(=O)Nc1nnc(C)o1. The minimum atomic E-state index is -0.334. The van der Waals surface area contributed by atoms with Gasteiger partial charge in [-0.05, 0) is 19.4 Å². The number of pyridine rings is 1. The van der Waals surface area contributed by atoms with E-state index in [1.807, 2.05) is 13.0 Å². The van der Waals surface area contributed by atoms with Crippen molar-refractivity contribution in [3.05, 3.63) is 29.4 Å². The molecule has 2 aromatic rings. The van der Waals surface area contributed by atoms with E-state index in [-0.39, 0.29) is 11.9 Å². The second kappa shape index (κ2) is 6.14. The van der Waals surface area contributed by atoms with Gasteiger partial charge in [-0.1, -0.05) is 12.0 Å². The molecule has 0 aliphatic rings. The highest BCUT2D eigenvalue weighted by Crippen LogP contribution is 2.17. The number of nitrogens with one attached hydrogen (secondary N) is 2. The van der Waals surface area contributed by atoms with E-state index in [2.05, 4.69) is 32.7 Å². The molecule has 0 radical (unpaired) electrons. The molecule has 0 saturated heterocycles. The van der Waals surface area contributed by atoms with Gasteiger partial charge in [0.2, 0.25) is 5.89 Å². The number of amides is 1. The summed E-state index contributed by atoms with van der Waals surface area (Å²) < 4.78 is 5.13. The van der Waals surface area contributed by atoms with Gasteiger partial charge >= 0.3 is 6.01 Å². The lowest BCUT2D eigenvalue weighted by Crippen LogP contribution is -2.16. The maximum Gasteiger partial charge on any atom is 0.322 e. The maximum absolute atomic E-state index is 12.2. The normalized spacial score (nSPS) is 10.3. The van der Waals surface area contributed by atoms with Crippen LogP contribution >= 0.6 is 0 Å². The Hall–Kier alpha value is -2.44. The van der Waals surface area contributed by atoms with Crippen molar-refractivity contribution >= 4 is 17.6 Å². The van der Waals surface area contributed by atoms with Crippen LogP contribution in [0.5, 0.6) is 0 Å². The first-order valence-electron chi connectivity index (χ1n) is 6.42. The molecule has 0 bridgehead atoms. The fourth-order valence-electron chi connectivity index (χ4n) is 1.66. The van der Waals surface area contributed by atoms with E-state index < -0.39 is 0 Å². The number of hydrogen-bond acceptors (Lipinski definition) is 6. The molecule has 2 N–H and O–H groups in total. The van der Waals surface area contributed by atoms with Gasteiger partial charge in [-0.25, -0.2) is 0 Å². The Morgan fingerprint density at radius 1 is 1.35 bits per heavy atom. The number of carbonyl (C=O) groups is 1. The van der Waals surface area contributed by atoms with Crippen molar-refractivity contribution in [2.75, 3.05) is 17.2 Å². The summed E-state index contributed by atoms with van der Waals surface area (Å²) in [6, 6.07) is 1.92. The van der Waals surface area contributed by atoms with Crippen LogP contribution < -0.4 is 10.6 Å². The van der Waals surface area contributed by atoms with Gasteiger partial charge in [-0.3, -0.25) is 15.1 Å². The zero-order chi connectivity index (χ0) is 14.5. The molecule has 0 fully saturated rings. The Bertz CT molecular complexity index is 609. The lowest BCUT2D eigenvalue weighted by molar-refractivity contribution is 0.102. The molecule has 20 heavy (non-hydrogen) atoms. The van der Waals surface area contributed by atoms with Gasteiger partial charge in [-0.2, -0.15) is 0 Å². The van der Waals surface area contributed by atoms with Gasteiger partial charge in [0.15, 0.2) is 0 Å². The Morgan fingerprint density at radius 3 is 2.80 bits per heavy atom. The van der Waals surface area contributed by atoms with Gasteiger partial charge in [-0.15, -0.1) is 5.10 Å². The molecule has 2 heterocycles. The first-order valence-corrected chi connectivity index (χ1v) is 6.42. The number of rotatable bonds is 5. The van der Waals surface area contributed by atoms with E-state index in [1.165, 1.54) is 6.20 Å². The van der Waals surface area contributed by atoms with Gasteiger partial charge in [0.05, 0.1) is 11.3 Å². The summed E-state index contributed by atoms with van der Waals surface area (Å²) in [5.41, 5.74) is 2.03. The first-order chi connectivity index (χ1) is 9.60. The minimum absolute atomic E-state index is 0.0783.